The van der Waals surface area contributed by atoms with E-state index in [0.29, 0.717) is 33.4 Å². The highest BCUT2D eigenvalue weighted by Crippen LogP contribution is 2.51. The summed E-state index contributed by atoms with van der Waals surface area (Å²) in [6, 6.07) is 85.8. The van der Waals surface area contributed by atoms with Crippen LogP contribution in [0.4, 0.5) is 0 Å². The van der Waals surface area contributed by atoms with E-state index in [0.717, 1.165) is 121 Å². The third-order valence-electron chi connectivity index (χ3n) is 17.4. The lowest BCUT2D eigenvalue weighted by Crippen LogP contribution is -2.13. The van der Waals surface area contributed by atoms with Gasteiger partial charge in [0, 0.05) is 54.2 Å². The van der Waals surface area contributed by atoms with Gasteiger partial charge in [0.25, 0.3) is 20.0 Å². The van der Waals surface area contributed by atoms with Crippen LogP contribution in [0.5, 0.6) is 0 Å². The molecule has 0 saturated carbocycles. The molecule has 2 aliphatic heterocycles. The van der Waals surface area contributed by atoms with E-state index in [1.54, 1.807) is 26.1 Å². The fourth-order valence-electron chi connectivity index (χ4n) is 13.9. The second-order valence-corrected chi connectivity index (χ2v) is 25.1. The molecule has 0 bridgehead atoms. The van der Waals surface area contributed by atoms with Crippen LogP contribution in [0.3, 0.4) is 0 Å². The first kappa shape index (κ1) is 45.6. The smallest absolute Gasteiger partial charge is 0.270 e. The molecule has 10 heteroatoms. The molecule has 0 amide bonds. The summed E-state index contributed by atoms with van der Waals surface area (Å²) in [6.45, 7) is 0. The summed E-state index contributed by atoms with van der Waals surface area (Å²) in [5, 5.41) is 7.38. The van der Waals surface area contributed by atoms with Crippen molar-refractivity contribution in [3.63, 3.8) is 0 Å². The lowest BCUT2D eigenvalue weighted by Gasteiger charge is -2.16. The van der Waals surface area contributed by atoms with E-state index in [4.69, 9.17) is 0 Å². The summed E-state index contributed by atoms with van der Waals surface area (Å²) >= 11 is 0. The van der Waals surface area contributed by atoms with Crippen molar-refractivity contribution in [2.24, 2.45) is 0 Å². The molecule has 16 aromatic rings. The van der Waals surface area contributed by atoms with Crippen LogP contribution in [0.2, 0.25) is 0 Å². The highest BCUT2D eigenvalue weighted by atomic mass is 32.2. The molecule has 0 spiro atoms. The van der Waals surface area contributed by atoms with E-state index in [1.807, 2.05) is 127 Å². The summed E-state index contributed by atoms with van der Waals surface area (Å²) < 4.78 is 69.3. The molecule has 82 heavy (non-hydrogen) atoms. The van der Waals surface area contributed by atoms with Gasteiger partial charge >= 0.3 is 0 Å². The maximum atomic E-state index is 15.6. The minimum Gasteiger partial charge on any atom is -0.306 e. The highest BCUT2D eigenvalue weighted by Gasteiger charge is 2.36. The number of fused-ring (bicyclic) bond motifs is 16. The molecule has 12 aromatic carbocycles. The van der Waals surface area contributed by atoms with E-state index in [2.05, 4.69) is 118 Å². The topological polar surface area (TPSA) is 88.0 Å². The minimum atomic E-state index is -4.16. The summed E-state index contributed by atoms with van der Waals surface area (Å²) in [4.78, 5) is 0.476. The highest BCUT2D eigenvalue weighted by molar-refractivity contribution is 7.90. The summed E-state index contributed by atoms with van der Waals surface area (Å²) in [5.41, 5.74) is 17.2. The van der Waals surface area contributed by atoms with Crippen LogP contribution in [0.15, 0.2) is 265 Å². The summed E-state index contributed by atoms with van der Waals surface area (Å²) in [6.07, 6.45) is 0. The zero-order chi connectivity index (χ0) is 54.3. The monoisotopic (exact) mass is 1090 g/mol. The predicted octanol–water partition coefficient (Wildman–Crippen LogP) is 17.5. The van der Waals surface area contributed by atoms with Crippen molar-refractivity contribution in [3.8, 4) is 67.0 Å². The summed E-state index contributed by atoms with van der Waals surface area (Å²) in [5.74, 6) is 0. The average molecular weight is 1090 g/mol. The Bertz CT molecular complexity index is 5780. The molecule has 4 aromatic heterocycles. The minimum absolute atomic E-state index is 0.228. The third kappa shape index (κ3) is 5.93. The van der Waals surface area contributed by atoms with Crippen LogP contribution in [0.1, 0.15) is 0 Å². The van der Waals surface area contributed by atoms with Gasteiger partial charge in [0.05, 0.1) is 55.5 Å². The van der Waals surface area contributed by atoms with Gasteiger partial charge in [-0.25, -0.2) is 24.8 Å². The van der Waals surface area contributed by atoms with Crippen molar-refractivity contribution in [1.29, 1.82) is 0 Å². The Kier molecular flexibility index (Phi) is 9.01. The maximum absolute atomic E-state index is 15.6. The molecule has 0 radical (unpaired) electrons. The Morgan fingerprint density at radius 3 is 1.35 bits per heavy atom. The van der Waals surface area contributed by atoms with E-state index in [1.165, 1.54) is 0 Å². The van der Waals surface area contributed by atoms with Crippen molar-refractivity contribution in [3.05, 3.63) is 255 Å². The van der Waals surface area contributed by atoms with Gasteiger partial charge in [-0.2, -0.15) is 0 Å². The fourth-order valence-corrected chi connectivity index (χ4v) is 17.4. The van der Waals surface area contributed by atoms with Crippen LogP contribution >= 0.6 is 0 Å². The standard InChI is InChI=1S/C72H42N4O4S2/c77-81(78)65-28-12-10-26-63(65)73-61-36-30-48(43-16-4-1-5-17-43)39-58(61)54-33-34-55-59-40-49(31-37-62(59)75(81)71(55)69(54)73)46-22-14-23-47(38-46)50-41-57(45-20-8-3-9-21-45)67-60(42-50)56-35-32-53-52-25-15-24-51(44-18-6-2-7-19-44)68(52)76-72(53)70(56)74(67)64-27-11-13-29-66(64)82(76,79)80/h1-42H. The zero-order valence-electron chi connectivity index (χ0n) is 43.5. The number of aromatic nitrogens is 4. The Morgan fingerprint density at radius 2 is 0.671 bits per heavy atom. The Balaban J connectivity index is 0.869. The molecule has 0 N–H and O–H groups in total. The van der Waals surface area contributed by atoms with Gasteiger partial charge < -0.3 is 9.13 Å². The van der Waals surface area contributed by atoms with Crippen LogP contribution in [-0.2, 0) is 20.0 Å². The predicted molar refractivity (Wildman–Crippen MR) is 333 cm³/mol. The Labute approximate surface area is 469 Å². The Hall–Kier alpha value is -10.3. The molecule has 2 aliphatic rings. The molecule has 0 atom stereocenters. The molecular weight excluding hydrogens is 1050 g/mol. The van der Waals surface area contributed by atoms with Crippen molar-refractivity contribution in [1.82, 2.24) is 17.1 Å². The van der Waals surface area contributed by atoms with Crippen LogP contribution in [-0.4, -0.2) is 33.9 Å². The molecule has 18 rings (SSSR count). The first-order valence-corrected chi connectivity index (χ1v) is 30.2. The largest absolute Gasteiger partial charge is 0.306 e. The molecule has 0 saturated heterocycles. The average Bonchev–Trinajstić information content (AvgIpc) is 2.77. The lowest BCUT2D eigenvalue weighted by molar-refractivity contribution is 0.589. The molecule has 8 nitrogen and oxygen atoms in total. The number of hydrogen-bond acceptors (Lipinski definition) is 4. The first-order chi connectivity index (χ1) is 40.2. The van der Waals surface area contributed by atoms with E-state index >= 15 is 16.8 Å². The van der Waals surface area contributed by atoms with E-state index in [9.17, 15) is 0 Å². The number of nitrogens with zero attached hydrogens (tertiary/aromatic N) is 4. The fraction of sp³-hybridized carbons (Fsp3) is 0. The molecule has 0 fully saturated rings. The van der Waals surface area contributed by atoms with Gasteiger partial charge in [0.2, 0.25) is 0 Å². The maximum Gasteiger partial charge on any atom is 0.270 e. The molecule has 0 unspecified atom stereocenters. The quantitative estimate of drug-likeness (QED) is 0.172. The van der Waals surface area contributed by atoms with Gasteiger partial charge in [-0.3, -0.25) is 0 Å². The molecule has 0 aliphatic carbocycles. The van der Waals surface area contributed by atoms with Gasteiger partial charge in [0.15, 0.2) is 0 Å². The van der Waals surface area contributed by atoms with Gasteiger partial charge in [0.1, 0.15) is 9.79 Å². The first-order valence-electron chi connectivity index (χ1n) is 27.3. The number of rotatable bonds is 5. The normalized spacial score (nSPS) is 14.0. The van der Waals surface area contributed by atoms with Crippen molar-refractivity contribution in [2.75, 3.05) is 0 Å². The van der Waals surface area contributed by atoms with Crippen LogP contribution in [0, 0.1) is 0 Å². The molecular formula is C72H42N4O4S2. The van der Waals surface area contributed by atoms with Crippen molar-refractivity contribution in [2.45, 2.75) is 9.79 Å². The van der Waals surface area contributed by atoms with Gasteiger partial charge in [-0.1, -0.05) is 188 Å². The third-order valence-corrected chi connectivity index (χ3v) is 20.9. The molecule has 386 valence electrons. The second kappa shape index (κ2) is 16.2. The van der Waals surface area contributed by atoms with E-state index < -0.39 is 20.0 Å². The van der Waals surface area contributed by atoms with Crippen molar-refractivity contribution < 1.29 is 16.8 Å². The van der Waals surface area contributed by atoms with Crippen molar-refractivity contribution >= 4 is 107 Å². The van der Waals surface area contributed by atoms with Gasteiger partial charge in [-0.15, -0.1) is 0 Å². The summed E-state index contributed by atoms with van der Waals surface area (Å²) in [7, 11) is -8.25. The van der Waals surface area contributed by atoms with Crippen LogP contribution in [0.25, 0.3) is 154 Å². The SMILES string of the molecule is O=S1(=O)c2ccccc2-n2c3ccc(-c4ccccc4)cc3c3ccc4c5cc(-c6cccc(-c7cc(-c8ccccc8)c8c(c7)c7ccc9c%10cccc(-c%11ccccc%11)c%10n%10c9c7n8-c7ccccc7S%10(=O)=O)c6)ccc5n1c4c32. The van der Waals surface area contributed by atoms with E-state index in [-0.39, 0.29) is 9.79 Å². The number of benzene rings is 12. The molecule has 6 heterocycles. The Morgan fingerprint density at radius 1 is 0.232 bits per heavy atom. The number of hydrogen-bond donors (Lipinski definition) is 0. The lowest BCUT2D eigenvalue weighted by atomic mass is 9.93. The van der Waals surface area contributed by atoms with Crippen LogP contribution < -0.4 is 0 Å². The second-order valence-electron chi connectivity index (χ2n) is 21.6. The zero-order valence-corrected chi connectivity index (χ0v) is 45.1. The number of para-hydroxylation sites is 3. The van der Waals surface area contributed by atoms with Gasteiger partial charge in [-0.05, 0) is 111 Å².